The van der Waals surface area contributed by atoms with Crippen LogP contribution in [0, 0.1) is 12.7 Å². The van der Waals surface area contributed by atoms with Crippen molar-refractivity contribution in [1.82, 2.24) is 14.9 Å². The van der Waals surface area contributed by atoms with Gasteiger partial charge in [0.25, 0.3) is 0 Å². The number of hydrogen-bond donors (Lipinski definition) is 4. The molecule has 4 N–H and O–H groups in total. The van der Waals surface area contributed by atoms with E-state index in [9.17, 15) is 19.4 Å². The molecule has 0 atom stereocenters. The molecule has 190 valence electrons. The van der Waals surface area contributed by atoms with Crippen molar-refractivity contribution in [2.75, 3.05) is 12.3 Å². The van der Waals surface area contributed by atoms with Crippen molar-refractivity contribution >= 4 is 40.2 Å². The summed E-state index contributed by atoms with van der Waals surface area (Å²) in [5.41, 5.74) is 6.79. The summed E-state index contributed by atoms with van der Waals surface area (Å²) in [6, 6.07) is 10.8. The highest BCUT2D eigenvalue weighted by Gasteiger charge is 2.18. The van der Waals surface area contributed by atoms with E-state index in [-0.39, 0.29) is 53.1 Å². The van der Waals surface area contributed by atoms with Crippen molar-refractivity contribution in [2.45, 2.75) is 26.8 Å². The summed E-state index contributed by atoms with van der Waals surface area (Å²) in [6.45, 7) is 3.18. The number of allylic oxidation sites excluding steroid dienone is 1. The third-order valence-corrected chi connectivity index (χ3v) is 6.74. The number of hydrogen-bond acceptors (Lipinski definition) is 6. The van der Waals surface area contributed by atoms with Gasteiger partial charge in [0.05, 0.1) is 17.1 Å². The summed E-state index contributed by atoms with van der Waals surface area (Å²) in [4.78, 5) is 22.0. The molecule has 0 spiro atoms. The summed E-state index contributed by atoms with van der Waals surface area (Å²) >= 11 is 6.34. The van der Waals surface area contributed by atoms with Crippen molar-refractivity contribution in [3.8, 4) is 11.5 Å². The number of aromatic nitrogens is 2. The van der Waals surface area contributed by atoms with Gasteiger partial charge in [0.15, 0.2) is 0 Å². The number of thiol groups is 1. The van der Waals surface area contributed by atoms with E-state index in [4.69, 9.17) is 22.1 Å². The van der Waals surface area contributed by atoms with E-state index in [1.807, 2.05) is 0 Å². The number of rotatable bonds is 10. The third-order valence-electron chi connectivity index (χ3n) is 5.18. The van der Waals surface area contributed by atoms with Crippen molar-refractivity contribution in [3.63, 3.8) is 0 Å². The third kappa shape index (κ3) is 6.67. The lowest BCUT2D eigenvalue weighted by Crippen LogP contribution is -2.22. The Bertz CT molecular complexity index is 1320. The summed E-state index contributed by atoms with van der Waals surface area (Å²) in [7, 11) is 0. The highest BCUT2D eigenvalue weighted by Crippen LogP contribution is 2.33. The second-order valence-corrected chi connectivity index (χ2v) is 9.24. The Labute approximate surface area is 216 Å². The van der Waals surface area contributed by atoms with Gasteiger partial charge in [0.2, 0.25) is 6.41 Å². The van der Waals surface area contributed by atoms with Crippen molar-refractivity contribution in [2.24, 2.45) is 0 Å². The average Bonchev–Trinajstić information content (AvgIpc) is 2.84. The number of nitrogen functional groups attached to an aromatic ring is 1. The fraction of sp³-hybridized carbons (Fsp3) is 0.200. The van der Waals surface area contributed by atoms with Crippen LogP contribution in [0.15, 0.2) is 59.3 Å². The standard InChI is InChI=1S/C25H26ClFN4O4S/c1-15(31(14-33)13-17-12-29-16(2)30-24(17)28)22(10-11-32)36-25(34)23-19(27)7-5-9-21(23)35-20-8-4-3-6-18(20)26/h3-9,12,14,32,34,36H,10-11,13H2,1-2H3,(H2,28,29,30)/b22-15-. The van der Waals surface area contributed by atoms with Crippen LogP contribution in [0.1, 0.15) is 30.3 Å². The monoisotopic (exact) mass is 532 g/mol. The molecular weight excluding hydrogens is 507 g/mol. The van der Waals surface area contributed by atoms with Gasteiger partial charge in [-0.25, -0.2) is 14.4 Å². The molecule has 0 saturated heterocycles. The number of aliphatic hydroxyl groups excluding tert-OH is 2. The van der Waals surface area contributed by atoms with E-state index in [1.165, 1.54) is 29.3 Å². The Morgan fingerprint density at radius 3 is 2.64 bits per heavy atom. The number of carbonyl (C=O) groups is 1. The van der Waals surface area contributed by atoms with Crippen LogP contribution < -0.4 is 10.5 Å². The maximum Gasteiger partial charge on any atom is 0.214 e. The van der Waals surface area contributed by atoms with Gasteiger partial charge < -0.3 is 25.6 Å². The second kappa shape index (κ2) is 12.6. The molecule has 2 aromatic carbocycles. The van der Waals surface area contributed by atoms with Gasteiger partial charge >= 0.3 is 0 Å². The number of carbonyl (C=O) groups excluding carboxylic acids is 1. The molecule has 0 fully saturated rings. The number of ether oxygens (including phenoxy) is 1. The molecule has 0 unspecified atom stereocenters. The van der Waals surface area contributed by atoms with Crippen LogP contribution in [0.4, 0.5) is 10.2 Å². The Morgan fingerprint density at radius 1 is 1.25 bits per heavy atom. The number of anilines is 1. The van der Waals surface area contributed by atoms with Crippen LogP contribution in [-0.2, 0) is 11.3 Å². The number of aryl methyl sites for hydroxylation is 1. The number of halogens is 2. The van der Waals surface area contributed by atoms with Gasteiger partial charge in [-0.2, -0.15) is 0 Å². The van der Waals surface area contributed by atoms with Gasteiger partial charge in [0, 0.05) is 35.4 Å². The molecule has 8 nitrogen and oxygen atoms in total. The molecule has 0 aliphatic rings. The smallest absolute Gasteiger partial charge is 0.214 e. The van der Waals surface area contributed by atoms with Crippen LogP contribution in [-0.4, -0.2) is 43.1 Å². The SMILES string of the molecule is C/C(=C(CCO)/[SH]=C(\O)c1c(F)cccc1Oc1ccccc1Cl)N(C=O)Cc1cnc(C)nc1N. The molecule has 0 aliphatic heterocycles. The molecule has 3 aromatic rings. The van der Waals surface area contributed by atoms with Crippen LogP contribution in [0.2, 0.25) is 5.02 Å². The first-order chi connectivity index (χ1) is 17.2. The molecule has 11 heteroatoms. The quantitative estimate of drug-likeness (QED) is 0.169. The van der Waals surface area contributed by atoms with Crippen LogP contribution in [0.25, 0.3) is 0 Å². The molecule has 1 heterocycles. The number of benzene rings is 2. The lowest BCUT2D eigenvalue weighted by atomic mass is 10.2. The van der Waals surface area contributed by atoms with Gasteiger partial charge in [-0.05, 0) is 38.1 Å². The minimum atomic E-state index is -0.706. The maximum absolute atomic E-state index is 14.9. The van der Waals surface area contributed by atoms with Crippen LogP contribution >= 0.6 is 23.0 Å². The Hall–Kier alpha value is -3.31. The molecule has 1 amide bonds. The normalized spacial score (nSPS) is 12.4. The van der Waals surface area contributed by atoms with Crippen LogP contribution in [0.5, 0.6) is 11.5 Å². The van der Waals surface area contributed by atoms with E-state index in [0.717, 1.165) is 0 Å². The first-order valence-corrected chi connectivity index (χ1v) is 12.1. The molecule has 1 aromatic heterocycles. The Morgan fingerprint density at radius 2 is 1.97 bits per heavy atom. The van der Waals surface area contributed by atoms with Crippen molar-refractivity contribution < 1.29 is 24.1 Å². The van der Waals surface area contributed by atoms with Gasteiger partial charge in [-0.15, -0.1) is 11.4 Å². The second-order valence-electron chi connectivity index (χ2n) is 7.65. The number of amides is 1. The maximum atomic E-state index is 14.9. The first kappa shape index (κ1) is 27.3. The van der Waals surface area contributed by atoms with E-state index in [0.29, 0.717) is 39.2 Å². The topological polar surface area (TPSA) is 122 Å². The van der Waals surface area contributed by atoms with Gasteiger partial charge in [-0.3, -0.25) is 4.79 Å². The molecular formula is C25H26ClFN4O4S. The minimum absolute atomic E-state index is 0.0610. The molecule has 0 bridgehead atoms. The zero-order chi connectivity index (χ0) is 26.2. The van der Waals surface area contributed by atoms with E-state index < -0.39 is 5.82 Å². The molecule has 0 aliphatic carbocycles. The summed E-state index contributed by atoms with van der Waals surface area (Å²) in [5.74, 6) is 0.390. The van der Waals surface area contributed by atoms with E-state index in [2.05, 4.69) is 9.97 Å². The molecule has 0 saturated carbocycles. The highest BCUT2D eigenvalue weighted by molar-refractivity contribution is 8.02. The average molecular weight is 533 g/mol. The molecule has 3 rings (SSSR count). The van der Waals surface area contributed by atoms with E-state index >= 15 is 0 Å². The van der Waals surface area contributed by atoms with Crippen molar-refractivity contribution in [1.29, 1.82) is 0 Å². The number of nitrogens with two attached hydrogens (primary N) is 1. The predicted molar refractivity (Wildman–Crippen MR) is 141 cm³/mol. The summed E-state index contributed by atoms with van der Waals surface area (Å²) < 4.78 is 20.7. The first-order valence-electron chi connectivity index (χ1n) is 10.8. The fourth-order valence-electron chi connectivity index (χ4n) is 3.28. The predicted octanol–water partition coefficient (Wildman–Crippen LogP) is 4.73. The van der Waals surface area contributed by atoms with Gasteiger partial charge in [-0.1, -0.05) is 29.8 Å². The van der Waals surface area contributed by atoms with E-state index in [1.54, 1.807) is 38.1 Å². The molecule has 0 radical (unpaired) electrons. The summed E-state index contributed by atoms with van der Waals surface area (Å²) in [5, 5.41) is 20.6. The number of aliphatic hydroxyl groups is 2. The largest absolute Gasteiger partial charge is 0.455 e. The lowest BCUT2D eigenvalue weighted by Gasteiger charge is -2.22. The highest BCUT2D eigenvalue weighted by atomic mass is 35.5. The number of nitrogens with zero attached hydrogens (tertiary/aromatic N) is 3. The van der Waals surface area contributed by atoms with Crippen LogP contribution in [0.3, 0.4) is 0 Å². The minimum Gasteiger partial charge on any atom is -0.455 e. The summed E-state index contributed by atoms with van der Waals surface area (Å²) in [6.07, 6.45) is 2.26. The number of para-hydroxylation sites is 1. The van der Waals surface area contributed by atoms with Gasteiger partial charge in [0.1, 0.15) is 34.0 Å². The Balaban J connectivity index is 2.01. The van der Waals surface area contributed by atoms with Crippen molar-refractivity contribution in [3.05, 3.63) is 87.1 Å². The fourth-order valence-corrected chi connectivity index (χ4v) is 4.54. The Kier molecular flexibility index (Phi) is 9.54. The molecule has 36 heavy (non-hydrogen) atoms. The zero-order valence-electron chi connectivity index (χ0n) is 19.7. The zero-order valence-corrected chi connectivity index (χ0v) is 21.3. The lowest BCUT2D eigenvalue weighted by molar-refractivity contribution is -0.116.